The molecule has 0 bridgehead atoms. The standard InChI is InChI=1S/C24H28N2O3/c1-4-6-9-18-12-13-21-20(15-18)23(25-17(3)27)24(28)26(21)16-19-10-7-8-11-22(19)29-14-5-2/h5,7-8,10-13,15,23H,2,4,6,9,14,16H2,1,3H3,(H,25,27). The molecule has 1 unspecified atom stereocenters. The van der Waals surface area contributed by atoms with Gasteiger partial charge in [0, 0.05) is 23.7 Å². The molecule has 1 atom stereocenters. The number of hydrogen-bond donors (Lipinski definition) is 1. The fraction of sp³-hybridized carbons (Fsp3) is 0.333. The summed E-state index contributed by atoms with van der Waals surface area (Å²) < 4.78 is 5.75. The van der Waals surface area contributed by atoms with Crippen LogP contribution in [-0.2, 0) is 22.6 Å². The van der Waals surface area contributed by atoms with Crippen molar-refractivity contribution in [1.29, 1.82) is 0 Å². The maximum absolute atomic E-state index is 13.2. The summed E-state index contributed by atoms with van der Waals surface area (Å²) in [6.45, 7) is 8.06. The van der Waals surface area contributed by atoms with Crippen molar-refractivity contribution in [1.82, 2.24) is 5.32 Å². The predicted octanol–water partition coefficient (Wildman–Crippen LogP) is 4.32. The van der Waals surface area contributed by atoms with Gasteiger partial charge in [0.2, 0.25) is 5.91 Å². The SMILES string of the molecule is C=CCOc1ccccc1CN1C(=O)C(NC(C)=O)c2cc(CCCC)ccc21. The third-order valence-electron chi connectivity index (χ3n) is 5.03. The summed E-state index contributed by atoms with van der Waals surface area (Å²) >= 11 is 0. The average Bonchev–Trinajstić information content (AvgIpc) is 2.96. The Balaban J connectivity index is 1.94. The second kappa shape index (κ2) is 9.41. The Morgan fingerprint density at radius 3 is 2.79 bits per heavy atom. The number of fused-ring (bicyclic) bond motifs is 1. The molecule has 29 heavy (non-hydrogen) atoms. The molecule has 0 radical (unpaired) electrons. The van der Waals surface area contributed by atoms with Crippen molar-refractivity contribution >= 4 is 17.5 Å². The van der Waals surface area contributed by atoms with E-state index >= 15 is 0 Å². The number of aryl methyl sites for hydroxylation is 1. The molecule has 3 rings (SSSR count). The molecule has 0 spiro atoms. The summed E-state index contributed by atoms with van der Waals surface area (Å²) in [6, 6.07) is 13.2. The highest BCUT2D eigenvalue weighted by molar-refractivity contribution is 6.06. The first-order valence-corrected chi connectivity index (χ1v) is 10.1. The van der Waals surface area contributed by atoms with E-state index in [4.69, 9.17) is 4.74 Å². The largest absolute Gasteiger partial charge is 0.489 e. The zero-order valence-electron chi connectivity index (χ0n) is 17.1. The topological polar surface area (TPSA) is 58.6 Å². The number of amides is 2. The number of benzene rings is 2. The minimum absolute atomic E-state index is 0.124. The molecule has 5 heteroatoms. The van der Waals surface area contributed by atoms with Crippen LogP contribution in [0.2, 0.25) is 0 Å². The van der Waals surface area contributed by atoms with Gasteiger partial charge in [-0.2, -0.15) is 0 Å². The van der Waals surface area contributed by atoms with Crippen molar-refractivity contribution in [3.63, 3.8) is 0 Å². The summed E-state index contributed by atoms with van der Waals surface area (Å²) in [5, 5.41) is 2.82. The number of rotatable bonds is 9. The van der Waals surface area contributed by atoms with Crippen LogP contribution in [0.4, 0.5) is 5.69 Å². The van der Waals surface area contributed by atoms with Crippen LogP contribution in [0.3, 0.4) is 0 Å². The van der Waals surface area contributed by atoms with Crippen LogP contribution in [0.5, 0.6) is 5.75 Å². The molecule has 0 saturated heterocycles. The first-order valence-electron chi connectivity index (χ1n) is 10.1. The zero-order chi connectivity index (χ0) is 20.8. The van der Waals surface area contributed by atoms with E-state index in [2.05, 4.69) is 31.0 Å². The third-order valence-corrected chi connectivity index (χ3v) is 5.03. The molecular formula is C24H28N2O3. The maximum Gasteiger partial charge on any atom is 0.254 e. The molecule has 2 aromatic rings. The minimum Gasteiger partial charge on any atom is -0.489 e. The summed E-state index contributed by atoms with van der Waals surface area (Å²) in [5.74, 6) is 0.385. The Morgan fingerprint density at radius 2 is 2.07 bits per heavy atom. The number of nitrogens with zero attached hydrogens (tertiary/aromatic N) is 1. The van der Waals surface area contributed by atoms with E-state index in [1.54, 1.807) is 11.0 Å². The van der Waals surface area contributed by atoms with Gasteiger partial charge in [-0.1, -0.05) is 56.3 Å². The first-order chi connectivity index (χ1) is 14.0. The zero-order valence-corrected chi connectivity index (χ0v) is 17.1. The average molecular weight is 392 g/mol. The maximum atomic E-state index is 13.2. The van der Waals surface area contributed by atoms with Crippen molar-refractivity contribution in [2.75, 3.05) is 11.5 Å². The summed E-state index contributed by atoms with van der Waals surface area (Å²) in [5.41, 5.74) is 3.80. The smallest absolute Gasteiger partial charge is 0.254 e. The molecule has 0 fully saturated rings. The number of nitrogens with one attached hydrogen (secondary N) is 1. The van der Waals surface area contributed by atoms with Gasteiger partial charge < -0.3 is 15.0 Å². The van der Waals surface area contributed by atoms with Crippen LogP contribution in [0.1, 0.15) is 49.4 Å². The van der Waals surface area contributed by atoms with E-state index in [-0.39, 0.29) is 11.8 Å². The van der Waals surface area contributed by atoms with Crippen LogP contribution in [-0.4, -0.2) is 18.4 Å². The van der Waals surface area contributed by atoms with Crippen LogP contribution in [0.15, 0.2) is 55.1 Å². The second-order valence-corrected chi connectivity index (χ2v) is 7.26. The number of carbonyl (C=O) groups is 2. The number of ether oxygens (including phenoxy) is 1. The van der Waals surface area contributed by atoms with E-state index in [0.717, 1.165) is 41.8 Å². The van der Waals surface area contributed by atoms with Crippen molar-refractivity contribution in [2.24, 2.45) is 0 Å². The first kappa shape index (κ1) is 20.6. The number of hydrogen-bond acceptors (Lipinski definition) is 3. The predicted molar refractivity (Wildman–Crippen MR) is 115 cm³/mol. The van der Waals surface area contributed by atoms with E-state index in [9.17, 15) is 9.59 Å². The molecule has 0 aromatic heterocycles. The number of unbranched alkanes of at least 4 members (excludes halogenated alkanes) is 1. The van der Waals surface area contributed by atoms with Gasteiger partial charge in [0.15, 0.2) is 0 Å². The van der Waals surface area contributed by atoms with Gasteiger partial charge in [-0.25, -0.2) is 0 Å². The lowest BCUT2D eigenvalue weighted by Crippen LogP contribution is -2.36. The van der Waals surface area contributed by atoms with Gasteiger partial charge >= 0.3 is 0 Å². The second-order valence-electron chi connectivity index (χ2n) is 7.26. The highest BCUT2D eigenvalue weighted by Crippen LogP contribution is 2.38. The molecule has 2 amide bonds. The Labute approximate surface area is 172 Å². The van der Waals surface area contributed by atoms with Gasteiger partial charge in [0.05, 0.1) is 6.54 Å². The normalized spacial score (nSPS) is 15.2. The van der Waals surface area contributed by atoms with E-state index in [1.165, 1.54) is 12.5 Å². The minimum atomic E-state index is -0.648. The summed E-state index contributed by atoms with van der Waals surface area (Å²) in [4.78, 5) is 26.7. The van der Waals surface area contributed by atoms with Crippen molar-refractivity contribution in [3.05, 3.63) is 71.8 Å². The number of para-hydroxylation sites is 1. The molecule has 1 aliphatic heterocycles. The molecule has 5 nitrogen and oxygen atoms in total. The van der Waals surface area contributed by atoms with Gasteiger partial charge in [-0.3, -0.25) is 9.59 Å². The van der Waals surface area contributed by atoms with Crippen LogP contribution < -0.4 is 15.0 Å². The molecule has 1 N–H and O–H groups in total. The molecule has 2 aromatic carbocycles. The quantitative estimate of drug-likeness (QED) is 0.647. The monoisotopic (exact) mass is 392 g/mol. The van der Waals surface area contributed by atoms with Crippen molar-refractivity contribution in [3.8, 4) is 5.75 Å². The molecule has 0 saturated carbocycles. The lowest BCUT2D eigenvalue weighted by molar-refractivity contribution is -0.126. The Morgan fingerprint density at radius 1 is 1.28 bits per heavy atom. The summed E-state index contributed by atoms with van der Waals surface area (Å²) in [6.07, 6.45) is 4.86. The highest BCUT2D eigenvalue weighted by atomic mass is 16.5. The Bertz CT molecular complexity index is 907. The summed E-state index contributed by atoms with van der Waals surface area (Å²) in [7, 11) is 0. The lowest BCUT2D eigenvalue weighted by Gasteiger charge is -2.20. The number of carbonyl (C=O) groups excluding carboxylic acids is 2. The van der Waals surface area contributed by atoms with Crippen molar-refractivity contribution in [2.45, 2.75) is 45.7 Å². The van der Waals surface area contributed by atoms with Gasteiger partial charge in [-0.15, -0.1) is 0 Å². The third kappa shape index (κ3) is 4.67. The number of anilines is 1. The van der Waals surface area contributed by atoms with Crippen molar-refractivity contribution < 1.29 is 14.3 Å². The van der Waals surface area contributed by atoms with E-state index < -0.39 is 6.04 Å². The lowest BCUT2D eigenvalue weighted by atomic mass is 10.0. The molecular weight excluding hydrogens is 364 g/mol. The Kier molecular flexibility index (Phi) is 6.70. The van der Waals surface area contributed by atoms with Gasteiger partial charge in [0.25, 0.3) is 5.91 Å². The molecule has 0 aliphatic carbocycles. The van der Waals surface area contributed by atoms with Gasteiger partial charge in [-0.05, 0) is 30.5 Å². The fourth-order valence-electron chi connectivity index (χ4n) is 3.63. The van der Waals surface area contributed by atoms with Crippen LogP contribution in [0.25, 0.3) is 0 Å². The van der Waals surface area contributed by atoms with E-state index in [1.807, 2.05) is 30.3 Å². The van der Waals surface area contributed by atoms with Crippen LogP contribution >= 0.6 is 0 Å². The fourth-order valence-corrected chi connectivity index (χ4v) is 3.63. The van der Waals surface area contributed by atoms with Gasteiger partial charge in [0.1, 0.15) is 18.4 Å². The molecule has 152 valence electrons. The molecule has 1 aliphatic rings. The van der Waals surface area contributed by atoms with E-state index in [0.29, 0.717) is 13.2 Å². The molecule has 1 heterocycles. The highest BCUT2D eigenvalue weighted by Gasteiger charge is 2.38. The Hall–Kier alpha value is -3.08. The van der Waals surface area contributed by atoms with Crippen LogP contribution in [0, 0.1) is 0 Å².